The van der Waals surface area contributed by atoms with Crippen molar-refractivity contribution in [2.75, 3.05) is 67.0 Å². The van der Waals surface area contributed by atoms with E-state index in [-0.39, 0.29) is 82.1 Å². The van der Waals surface area contributed by atoms with Crippen molar-refractivity contribution < 1.29 is 86.6 Å². The predicted molar refractivity (Wildman–Crippen MR) is 367 cm³/mol. The van der Waals surface area contributed by atoms with Gasteiger partial charge in [-0.3, -0.25) is 38.5 Å². The van der Waals surface area contributed by atoms with E-state index in [1.165, 1.54) is 33.3 Å². The van der Waals surface area contributed by atoms with Gasteiger partial charge in [-0.15, -0.1) is 0 Å². The second-order valence-electron chi connectivity index (χ2n) is 26.5. The van der Waals surface area contributed by atoms with Gasteiger partial charge in [0, 0.05) is 73.0 Å². The highest BCUT2D eigenvalue weighted by atomic mass is 16.7. The number of alkyl carbamates (subject to hydrolysis) is 1. The number of likely N-dealkylation sites (N-methyl/N-ethyl adjacent to an activating group) is 2. The number of ether oxygens (including phenoxy) is 6. The topological polar surface area (TPSA) is 383 Å². The van der Waals surface area contributed by atoms with Gasteiger partial charge in [-0.2, -0.15) is 0 Å². The minimum Gasteiger partial charge on any atom is -0.445 e. The molecule has 98 heavy (non-hydrogen) atoms. The molecule has 4 unspecified atom stereocenters. The number of carbonyl (C=O) groups is 10. The Morgan fingerprint density at radius 2 is 1.34 bits per heavy atom. The van der Waals surface area contributed by atoms with E-state index in [0.29, 0.717) is 42.5 Å². The van der Waals surface area contributed by atoms with E-state index in [9.17, 15) is 58.2 Å². The molecule has 0 bridgehead atoms. The molecule has 3 rings (SSSR count). The number of hydrogen-bond donors (Lipinski definition) is 10. The number of methoxy groups -OCH3 is 3. The average Bonchev–Trinajstić information content (AvgIpc) is 1.48. The lowest BCUT2D eigenvalue weighted by molar-refractivity contribution is -0.181. The first kappa shape index (κ1) is 84.7. The van der Waals surface area contributed by atoms with Crippen LogP contribution in [0, 0.1) is 41.4 Å². The van der Waals surface area contributed by atoms with Crippen LogP contribution in [0.5, 0.6) is 0 Å². The van der Waals surface area contributed by atoms with Gasteiger partial charge in [-0.1, -0.05) is 125 Å². The lowest BCUT2D eigenvalue weighted by atomic mass is 9.79. The van der Waals surface area contributed by atoms with Crippen molar-refractivity contribution >= 4 is 65.1 Å². The number of aliphatic hydroxyl groups excluding tert-OH is 2. The number of nitrogens with one attached hydrogen (secondary N) is 7. The zero-order valence-electron chi connectivity index (χ0n) is 60.4. The van der Waals surface area contributed by atoms with Gasteiger partial charge in [0.25, 0.3) is 0 Å². The van der Waals surface area contributed by atoms with Gasteiger partial charge in [-0.25, -0.2) is 14.4 Å². The summed E-state index contributed by atoms with van der Waals surface area (Å²) in [7, 11) is 7.48. The maximum absolute atomic E-state index is 14.8. The molecule has 552 valence electrons. The van der Waals surface area contributed by atoms with Crippen molar-refractivity contribution in [3.63, 3.8) is 0 Å². The molecule has 2 aromatic carbocycles. The number of carbonyl (C=O) groups excluding carboxylic acids is 10. The zero-order chi connectivity index (χ0) is 73.5. The van der Waals surface area contributed by atoms with Crippen molar-refractivity contribution in [2.24, 2.45) is 47.2 Å². The molecular formula is C70H114N10O18. The van der Waals surface area contributed by atoms with Crippen molar-refractivity contribution in [1.82, 2.24) is 41.7 Å². The molecule has 28 nitrogen and oxygen atoms in total. The van der Waals surface area contributed by atoms with Crippen molar-refractivity contribution in [3.8, 4) is 0 Å². The number of rotatable bonds is 43. The van der Waals surface area contributed by atoms with Gasteiger partial charge in [-0.05, 0) is 91.9 Å². The Labute approximate surface area is 578 Å². The van der Waals surface area contributed by atoms with Crippen LogP contribution in [-0.2, 0) is 68.6 Å². The molecule has 0 aliphatic heterocycles. The Morgan fingerprint density at radius 3 is 1.90 bits per heavy atom. The summed E-state index contributed by atoms with van der Waals surface area (Å²) in [6, 6.07) is 8.99. The van der Waals surface area contributed by atoms with E-state index in [1.807, 2.05) is 39.0 Å². The SMILES string of the molecule is CCC(CO)OC(COC(=O)NCCC(=O)N[C@@H](C(=O)N[C@H](CCCNC(N)=O)C(=O)Nc1ccc(COC(=O)N(C)[C@H](C(=O)N[C@H](C(=O)N(C)[C@H](C(CC(=O)C2CCC[C@H]2[C@H](OC)[C@@H](C)C(=O)N[C@H](C)[C@@H](O)c2ccccc2)OC)[C@@H](C)CC)C(C)C)C(C)C)cc1)C(C)C)OC. The van der Waals surface area contributed by atoms with Crippen LogP contribution < -0.4 is 43.0 Å². The minimum absolute atomic E-state index is 0.0239. The normalized spacial score (nSPS) is 17.8. The van der Waals surface area contributed by atoms with Gasteiger partial charge in [0.2, 0.25) is 35.4 Å². The van der Waals surface area contributed by atoms with Crippen LogP contribution in [0.3, 0.4) is 0 Å². The molecule has 10 amide bonds. The molecule has 2 aromatic rings. The molecule has 0 radical (unpaired) electrons. The second-order valence-corrected chi connectivity index (χ2v) is 26.5. The molecule has 0 aromatic heterocycles. The number of nitrogens with zero attached hydrogens (tertiary/aromatic N) is 2. The third-order valence-electron chi connectivity index (χ3n) is 18.2. The van der Waals surface area contributed by atoms with Crippen LogP contribution in [0.25, 0.3) is 0 Å². The number of amides is 10. The fourth-order valence-electron chi connectivity index (χ4n) is 12.3. The molecular weight excluding hydrogens is 1270 g/mol. The van der Waals surface area contributed by atoms with E-state index < -0.39 is 144 Å². The lowest BCUT2D eigenvalue weighted by Crippen LogP contribution is -2.60. The number of nitrogens with two attached hydrogens (primary N) is 1. The van der Waals surface area contributed by atoms with E-state index in [1.54, 1.807) is 104 Å². The average molecular weight is 1380 g/mol. The quantitative estimate of drug-likeness (QED) is 0.0291. The van der Waals surface area contributed by atoms with Crippen LogP contribution >= 0.6 is 0 Å². The molecule has 1 fully saturated rings. The number of anilines is 1. The van der Waals surface area contributed by atoms with Gasteiger partial charge in [0.15, 0.2) is 6.29 Å². The summed E-state index contributed by atoms with van der Waals surface area (Å²) < 4.78 is 33.6. The van der Waals surface area contributed by atoms with Crippen LogP contribution in [0.2, 0.25) is 0 Å². The molecule has 0 saturated heterocycles. The molecule has 28 heteroatoms. The maximum atomic E-state index is 14.8. The highest BCUT2D eigenvalue weighted by Gasteiger charge is 2.45. The van der Waals surface area contributed by atoms with Gasteiger partial charge in [0.1, 0.15) is 43.2 Å². The highest BCUT2D eigenvalue weighted by Crippen LogP contribution is 2.40. The first-order chi connectivity index (χ1) is 46.4. The van der Waals surface area contributed by atoms with Crippen LogP contribution in [-0.4, -0.2) is 202 Å². The van der Waals surface area contributed by atoms with E-state index in [2.05, 4.69) is 37.2 Å². The van der Waals surface area contributed by atoms with Gasteiger partial charge < -0.3 is 86.5 Å². The predicted octanol–water partition coefficient (Wildman–Crippen LogP) is 5.46. The molecule has 1 aliphatic carbocycles. The third kappa shape index (κ3) is 26.6. The summed E-state index contributed by atoms with van der Waals surface area (Å²) in [4.78, 5) is 138. The number of Topliss-reactive ketones (excluding diaryl/α,β-unsaturated/α-hetero) is 1. The van der Waals surface area contributed by atoms with Crippen LogP contribution in [0.15, 0.2) is 54.6 Å². The Hall–Kier alpha value is -7.50. The highest BCUT2D eigenvalue weighted by molar-refractivity contribution is 5.98. The Morgan fingerprint density at radius 1 is 0.684 bits per heavy atom. The molecule has 1 aliphatic rings. The van der Waals surface area contributed by atoms with Gasteiger partial charge >= 0.3 is 18.2 Å². The fourth-order valence-corrected chi connectivity index (χ4v) is 12.3. The van der Waals surface area contributed by atoms with Gasteiger partial charge in [0.05, 0.1) is 49.0 Å². The monoisotopic (exact) mass is 1380 g/mol. The maximum Gasteiger partial charge on any atom is 0.410 e. The number of aliphatic hydroxyl groups is 2. The molecule has 0 spiro atoms. The van der Waals surface area contributed by atoms with E-state index in [4.69, 9.17) is 34.2 Å². The number of hydrogen-bond acceptors (Lipinski definition) is 18. The van der Waals surface area contributed by atoms with E-state index in [0.717, 1.165) is 6.42 Å². The number of primary amides is 1. The summed E-state index contributed by atoms with van der Waals surface area (Å²) in [5.74, 6) is -6.14. The second kappa shape index (κ2) is 43.1. The van der Waals surface area contributed by atoms with Crippen LogP contribution in [0.4, 0.5) is 20.1 Å². The number of benzene rings is 2. The molecule has 11 N–H and O–H groups in total. The Bertz CT molecular complexity index is 2830. The summed E-state index contributed by atoms with van der Waals surface area (Å²) in [6.45, 7) is 19.0. The summed E-state index contributed by atoms with van der Waals surface area (Å²) in [5, 5.41) is 39.3. The summed E-state index contributed by atoms with van der Waals surface area (Å²) in [5.41, 5.74) is 6.74. The minimum atomic E-state index is -1.16. The first-order valence-electron chi connectivity index (χ1n) is 34.2. The Kier molecular flexibility index (Phi) is 37.3. The molecule has 0 heterocycles. The van der Waals surface area contributed by atoms with Crippen molar-refractivity contribution in [1.29, 1.82) is 0 Å². The third-order valence-corrected chi connectivity index (χ3v) is 18.2. The fraction of sp³-hybridized carbons (Fsp3) is 0.686. The summed E-state index contributed by atoms with van der Waals surface area (Å²) >= 11 is 0. The molecule has 1 saturated carbocycles. The number of ketones is 1. The standard InChI is InChI=1S/C70H114N10O18/c1-17-43(9)60(54(93-14)36-53(82)50-26-22-27-51(50)62(95-16)44(10)63(85)74-45(11)61(84)47-24-20-19-21-25-47)79(12)67(89)58(41(5)6)78-66(88)59(42(7)8)80(13)70(92)97-38-46-29-31-48(32-30-46)75-64(86)52(28-23-34-72-68(71)90)76-65(87)57(40(3)4)77-55(83)33-35-73-69(91)96-39-56(94-15)98-49(18-2)37-81/h19-21,24-25,29-32,40-45,49-52,54,56-62,81,84H,17-18,22-23,26-28,33-39H2,1-16H3,(H,73,91)(H,74,85)(H,75,86)(H,76,87)(H,77,83)(H,78,88)(H3,71,72,90)/t43-,44+,45+,49?,50?,51+,52+,54?,56?,57+,58-,59-,60-,61+,62+/m0/s1. The van der Waals surface area contributed by atoms with Crippen LogP contribution in [0.1, 0.15) is 151 Å². The van der Waals surface area contributed by atoms with E-state index >= 15 is 0 Å². The Balaban J connectivity index is 1.67. The lowest BCUT2D eigenvalue weighted by Gasteiger charge is -2.40. The largest absolute Gasteiger partial charge is 0.445 e. The van der Waals surface area contributed by atoms with Crippen molar-refractivity contribution in [3.05, 3.63) is 65.7 Å². The molecule has 15 atom stereocenters. The summed E-state index contributed by atoms with van der Waals surface area (Å²) in [6.07, 6.45) is -2.27. The van der Waals surface area contributed by atoms with Crippen molar-refractivity contribution in [2.45, 2.75) is 208 Å². The first-order valence-corrected chi connectivity index (χ1v) is 34.2. The smallest absolute Gasteiger partial charge is 0.410 e. The number of urea groups is 1. The zero-order valence-corrected chi connectivity index (χ0v) is 60.4.